The Morgan fingerprint density at radius 2 is 1.94 bits per heavy atom. The molecule has 0 saturated carbocycles. The molecule has 2 rings (SSSR count). The molecule has 0 saturated heterocycles. The van der Waals surface area contributed by atoms with E-state index in [9.17, 15) is 9.59 Å². The van der Waals surface area contributed by atoms with Gasteiger partial charge in [0.2, 0.25) is 0 Å². The maximum atomic E-state index is 11.7. The van der Waals surface area contributed by atoms with Gasteiger partial charge in [-0.25, -0.2) is 14.2 Å². The SMILES string of the molecule is COc1nc(=O)n(-c2ccc(Br)cc2)c(=O)[nH]1. The van der Waals surface area contributed by atoms with Gasteiger partial charge < -0.3 is 4.74 Å². The molecule has 0 aliphatic heterocycles. The number of halogens is 1. The minimum absolute atomic E-state index is 0.103. The minimum Gasteiger partial charge on any atom is -0.468 e. The van der Waals surface area contributed by atoms with Gasteiger partial charge in [0.25, 0.3) is 0 Å². The fourth-order valence-electron chi connectivity index (χ4n) is 1.31. The molecule has 0 atom stereocenters. The van der Waals surface area contributed by atoms with Crippen LogP contribution in [0.3, 0.4) is 0 Å². The van der Waals surface area contributed by atoms with Crippen LogP contribution in [0.5, 0.6) is 6.01 Å². The van der Waals surface area contributed by atoms with E-state index < -0.39 is 11.4 Å². The lowest BCUT2D eigenvalue weighted by Crippen LogP contribution is -2.35. The summed E-state index contributed by atoms with van der Waals surface area (Å²) in [6, 6.07) is 6.62. The van der Waals surface area contributed by atoms with Crippen molar-refractivity contribution in [3.05, 3.63) is 49.7 Å². The molecule has 0 bridgehead atoms. The molecule has 0 aliphatic carbocycles. The zero-order valence-corrected chi connectivity index (χ0v) is 10.4. The third kappa shape index (κ3) is 2.28. The van der Waals surface area contributed by atoms with E-state index in [2.05, 4.69) is 25.9 Å². The third-order valence-corrected chi connectivity index (χ3v) is 2.61. The molecule has 1 aromatic carbocycles. The van der Waals surface area contributed by atoms with Gasteiger partial charge in [-0.3, -0.25) is 4.98 Å². The van der Waals surface area contributed by atoms with Crippen molar-refractivity contribution in [2.45, 2.75) is 0 Å². The largest absolute Gasteiger partial charge is 0.468 e. The number of aromatic nitrogens is 3. The third-order valence-electron chi connectivity index (χ3n) is 2.08. The Kier molecular flexibility index (Phi) is 3.10. The van der Waals surface area contributed by atoms with Gasteiger partial charge in [0, 0.05) is 4.47 Å². The van der Waals surface area contributed by atoms with E-state index in [1.165, 1.54) is 7.11 Å². The van der Waals surface area contributed by atoms with E-state index >= 15 is 0 Å². The molecule has 2 aromatic rings. The van der Waals surface area contributed by atoms with Gasteiger partial charge in [0.15, 0.2) is 0 Å². The first kappa shape index (κ1) is 11.6. The summed E-state index contributed by atoms with van der Waals surface area (Å²) in [7, 11) is 1.32. The van der Waals surface area contributed by atoms with Crippen molar-refractivity contribution in [1.29, 1.82) is 0 Å². The highest BCUT2D eigenvalue weighted by molar-refractivity contribution is 9.10. The number of nitrogens with zero attached hydrogens (tertiary/aromatic N) is 2. The Balaban J connectivity index is 2.64. The lowest BCUT2D eigenvalue weighted by molar-refractivity contribution is 0.372. The number of ether oxygens (including phenoxy) is 1. The highest BCUT2D eigenvalue weighted by atomic mass is 79.9. The van der Waals surface area contributed by atoms with E-state index in [-0.39, 0.29) is 6.01 Å². The summed E-state index contributed by atoms with van der Waals surface area (Å²) < 4.78 is 6.48. The molecule has 0 unspecified atom stereocenters. The highest BCUT2D eigenvalue weighted by Crippen LogP contribution is 2.11. The number of hydrogen-bond acceptors (Lipinski definition) is 4. The van der Waals surface area contributed by atoms with Gasteiger partial charge in [0.1, 0.15) is 0 Å². The van der Waals surface area contributed by atoms with Crippen LogP contribution in [-0.4, -0.2) is 21.6 Å². The van der Waals surface area contributed by atoms with Crippen molar-refractivity contribution < 1.29 is 4.74 Å². The van der Waals surface area contributed by atoms with E-state index in [0.717, 1.165) is 9.04 Å². The second-order valence-corrected chi connectivity index (χ2v) is 4.06. The molecule has 0 spiro atoms. The Morgan fingerprint density at radius 1 is 1.29 bits per heavy atom. The van der Waals surface area contributed by atoms with E-state index in [4.69, 9.17) is 4.74 Å². The van der Waals surface area contributed by atoms with Crippen LogP contribution in [0.2, 0.25) is 0 Å². The average Bonchev–Trinajstić information content (AvgIpc) is 2.30. The summed E-state index contributed by atoms with van der Waals surface area (Å²) in [5.74, 6) is 0. The van der Waals surface area contributed by atoms with Crippen LogP contribution >= 0.6 is 15.9 Å². The van der Waals surface area contributed by atoms with E-state index in [0.29, 0.717) is 5.69 Å². The lowest BCUT2D eigenvalue weighted by atomic mass is 10.3. The fourth-order valence-corrected chi connectivity index (χ4v) is 1.58. The van der Waals surface area contributed by atoms with Crippen LogP contribution in [0.15, 0.2) is 38.3 Å². The van der Waals surface area contributed by atoms with Crippen LogP contribution in [-0.2, 0) is 0 Å². The van der Waals surface area contributed by atoms with Gasteiger partial charge in [-0.2, -0.15) is 0 Å². The maximum Gasteiger partial charge on any atom is 0.360 e. The molecule has 6 nitrogen and oxygen atoms in total. The quantitative estimate of drug-likeness (QED) is 0.885. The Labute approximate surface area is 104 Å². The number of H-pyrrole nitrogens is 1. The van der Waals surface area contributed by atoms with Crippen LogP contribution in [0, 0.1) is 0 Å². The van der Waals surface area contributed by atoms with Crippen LogP contribution < -0.4 is 16.1 Å². The predicted octanol–water partition coefficient (Wildman–Crippen LogP) is 0.692. The predicted molar refractivity (Wildman–Crippen MR) is 64.7 cm³/mol. The molecule has 0 amide bonds. The molecule has 88 valence electrons. The normalized spacial score (nSPS) is 10.2. The van der Waals surface area contributed by atoms with Crippen molar-refractivity contribution in [2.24, 2.45) is 0 Å². The Morgan fingerprint density at radius 3 is 2.47 bits per heavy atom. The van der Waals surface area contributed by atoms with Crippen LogP contribution in [0.1, 0.15) is 0 Å². The van der Waals surface area contributed by atoms with Gasteiger partial charge >= 0.3 is 17.4 Å². The number of hydrogen-bond donors (Lipinski definition) is 1. The second kappa shape index (κ2) is 4.54. The summed E-state index contributed by atoms with van der Waals surface area (Å²) in [6.07, 6.45) is 0. The van der Waals surface area contributed by atoms with Crippen molar-refractivity contribution in [3.63, 3.8) is 0 Å². The van der Waals surface area contributed by atoms with Gasteiger partial charge in [-0.1, -0.05) is 15.9 Å². The summed E-state index contributed by atoms with van der Waals surface area (Å²) in [5, 5.41) is 0. The van der Waals surface area contributed by atoms with E-state index in [1.807, 2.05) is 0 Å². The van der Waals surface area contributed by atoms with Gasteiger partial charge in [0.05, 0.1) is 12.8 Å². The molecule has 1 N–H and O–H groups in total. The van der Waals surface area contributed by atoms with Crippen molar-refractivity contribution in [3.8, 4) is 11.7 Å². The molecule has 7 heteroatoms. The number of aromatic amines is 1. The molecule has 1 aromatic heterocycles. The Hall–Kier alpha value is -1.89. The Bertz CT molecular complexity index is 614. The van der Waals surface area contributed by atoms with Crippen molar-refractivity contribution in [2.75, 3.05) is 7.11 Å². The molecule has 0 fully saturated rings. The number of rotatable bonds is 2. The summed E-state index contributed by atoms with van der Waals surface area (Å²) in [5.41, 5.74) is -0.841. The molecule has 0 radical (unpaired) electrons. The topological polar surface area (TPSA) is 77.0 Å². The lowest BCUT2D eigenvalue weighted by Gasteiger charge is -2.04. The number of methoxy groups -OCH3 is 1. The molecule has 1 heterocycles. The van der Waals surface area contributed by atoms with Crippen LogP contribution in [0.4, 0.5) is 0 Å². The average molecular weight is 298 g/mol. The van der Waals surface area contributed by atoms with E-state index in [1.54, 1.807) is 24.3 Å². The molecule has 0 aliphatic rings. The van der Waals surface area contributed by atoms with Crippen molar-refractivity contribution in [1.82, 2.24) is 14.5 Å². The van der Waals surface area contributed by atoms with Crippen LogP contribution in [0.25, 0.3) is 5.69 Å². The molecular weight excluding hydrogens is 290 g/mol. The van der Waals surface area contributed by atoms with Crippen molar-refractivity contribution >= 4 is 15.9 Å². The first-order valence-electron chi connectivity index (χ1n) is 4.65. The first-order chi connectivity index (χ1) is 8.11. The minimum atomic E-state index is -0.687. The smallest absolute Gasteiger partial charge is 0.360 e. The first-order valence-corrected chi connectivity index (χ1v) is 5.44. The highest BCUT2D eigenvalue weighted by Gasteiger charge is 2.07. The summed E-state index contributed by atoms with van der Waals surface area (Å²) >= 11 is 3.27. The fraction of sp³-hybridized carbons (Fsp3) is 0.100. The van der Waals surface area contributed by atoms with Gasteiger partial charge in [-0.15, -0.1) is 4.98 Å². The molecule has 17 heavy (non-hydrogen) atoms. The summed E-state index contributed by atoms with van der Waals surface area (Å²) in [4.78, 5) is 29.2. The zero-order valence-electron chi connectivity index (χ0n) is 8.81. The number of nitrogens with one attached hydrogen (secondary N) is 1. The second-order valence-electron chi connectivity index (χ2n) is 3.15. The standard InChI is InChI=1S/C10H8BrN3O3/c1-17-8-12-9(15)14(10(16)13-8)7-4-2-6(11)3-5-7/h2-5H,1H3,(H,12,13,15,16). The zero-order chi connectivity index (χ0) is 12.4. The van der Waals surface area contributed by atoms with Gasteiger partial charge in [-0.05, 0) is 24.3 Å². The number of benzene rings is 1. The maximum absolute atomic E-state index is 11.7. The monoisotopic (exact) mass is 297 g/mol. The summed E-state index contributed by atoms with van der Waals surface area (Å²) in [6.45, 7) is 0. The molecular formula is C10H8BrN3O3.